The predicted octanol–water partition coefficient (Wildman–Crippen LogP) is 3.89. The molecule has 0 saturated heterocycles. The number of carbonyl (C=O) groups excluding carboxylic acids is 1. The number of carbonyl (C=O) groups is 1. The fourth-order valence-corrected chi connectivity index (χ4v) is 2.69. The Bertz CT molecular complexity index is 573. The number of aromatic nitrogens is 1. The van der Waals surface area contributed by atoms with E-state index in [-0.39, 0.29) is 0 Å². The summed E-state index contributed by atoms with van der Waals surface area (Å²) < 4.78 is 6.28. The second-order valence-corrected chi connectivity index (χ2v) is 6.22. The van der Waals surface area contributed by atoms with E-state index >= 15 is 0 Å². The molecule has 0 radical (unpaired) electrons. The van der Waals surface area contributed by atoms with Gasteiger partial charge in [-0.05, 0) is 24.3 Å². The number of thiazole rings is 1. The summed E-state index contributed by atoms with van der Waals surface area (Å²) in [7, 11) is 1.34. The molecule has 1 atom stereocenters. The van der Waals surface area contributed by atoms with Gasteiger partial charge in [0.25, 0.3) is 0 Å². The van der Waals surface area contributed by atoms with Crippen LogP contribution in [0.25, 0.3) is 0 Å². The fraction of sp³-hybridized carbons (Fsp3) is 0.167. The van der Waals surface area contributed by atoms with Crippen LogP contribution < -0.4 is 5.32 Å². The number of methoxy groups -OCH3 is 1. The molecule has 0 saturated carbocycles. The maximum Gasteiger partial charge on any atom is 0.335 e. The lowest BCUT2D eigenvalue weighted by atomic mass is 10.2. The van der Waals surface area contributed by atoms with Gasteiger partial charge in [-0.2, -0.15) is 0 Å². The molecule has 0 bridgehead atoms. The molecule has 2 rings (SSSR count). The van der Waals surface area contributed by atoms with Gasteiger partial charge in [0.2, 0.25) is 0 Å². The van der Waals surface area contributed by atoms with E-state index in [2.05, 4.69) is 26.2 Å². The summed E-state index contributed by atoms with van der Waals surface area (Å²) in [5.74, 6) is -0.408. The second kappa shape index (κ2) is 6.36. The molecule has 0 spiro atoms. The number of nitrogens with one attached hydrogen (secondary N) is 1. The first-order valence-electron chi connectivity index (χ1n) is 5.31. The molecule has 0 aliphatic heterocycles. The van der Waals surface area contributed by atoms with Crippen LogP contribution in [-0.4, -0.2) is 18.1 Å². The van der Waals surface area contributed by atoms with Crippen molar-refractivity contribution in [3.8, 4) is 0 Å². The van der Waals surface area contributed by atoms with E-state index in [9.17, 15) is 4.79 Å². The van der Waals surface area contributed by atoms with Gasteiger partial charge >= 0.3 is 5.97 Å². The molecule has 1 heterocycles. The summed E-state index contributed by atoms with van der Waals surface area (Å²) in [5.41, 5.74) is 0.796. The summed E-state index contributed by atoms with van der Waals surface area (Å²) in [6.07, 6.45) is 1.51. The maximum atomic E-state index is 11.8. The minimum absolute atomic E-state index is 0.408. The lowest BCUT2D eigenvalue weighted by Crippen LogP contribution is -2.22. The van der Waals surface area contributed by atoms with Crippen molar-refractivity contribution < 1.29 is 9.53 Å². The first-order valence-corrected chi connectivity index (χ1v) is 7.30. The van der Waals surface area contributed by atoms with Crippen LogP contribution in [-0.2, 0) is 9.53 Å². The molecular formula is C12H10BrClN2O2S. The number of hydrogen-bond acceptors (Lipinski definition) is 5. The van der Waals surface area contributed by atoms with E-state index in [0.29, 0.717) is 9.34 Å². The highest BCUT2D eigenvalue weighted by Crippen LogP contribution is 2.28. The molecule has 19 heavy (non-hydrogen) atoms. The molecule has 2 aromatic rings. The van der Waals surface area contributed by atoms with E-state index in [0.717, 1.165) is 10.2 Å². The summed E-state index contributed by atoms with van der Waals surface area (Å²) in [5, 5.41) is 3.65. The third-order valence-electron chi connectivity index (χ3n) is 2.33. The average molecular weight is 362 g/mol. The zero-order chi connectivity index (χ0) is 13.8. The van der Waals surface area contributed by atoms with Crippen LogP contribution in [0, 0.1) is 0 Å². The number of anilines is 1. The molecule has 1 N–H and O–H groups in total. The van der Waals surface area contributed by atoms with Crippen LogP contribution in [0.2, 0.25) is 4.34 Å². The summed E-state index contributed by atoms with van der Waals surface area (Å²) >= 11 is 10.4. The first-order chi connectivity index (χ1) is 9.10. The number of esters is 1. The highest BCUT2D eigenvalue weighted by Gasteiger charge is 2.24. The van der Waals surface area contributed by atoms with Gasteiger partial charge in [0.15, 0.2) is 6.04 Å². The second-order valence-electron chi connectivity index (χ2n) is 3.61. The lowest BCUT2D eigenvalue weighted by Gasteiger charge is -2.15. The Morgan fingerprint density at radius 2 is 2.16 bits per heavy atom. The number of ether oxygens (including phenoxy) is 1. The molecule has 0 aliphatic rings. The summed E-state index contributed by atoms with van der Waals surface area (Å²) in [6, 6.07) is 6.81. The molecule has 0 fully saturated rings. The third kappa shape index (κ3) is 3.68. The Hall–Kier alpha value is -1.11. The van der Waals surface area contributed by atoms with Crippen LogP contribution >= 0.6 is 38.9 Å². The molecule has 1 aromatic carbocycles. The highest BCUT2D eigenvalue weighted by molar-refractivity contribution is 9.10. The standard InChI is InChI=1S/C12H10BrClN2O2S/c1-18-12(17)10(11-15-6-9(14)19-11)16-8-4-2-7(13)3-5-8/h2-6,10,16H,1H3. The minimum atomic E-state index is -0.663. The SMILES string of the molecule is COC(=O)C(Nc1ccc(Br)cc1)c1ncc(Cl)s1. The molecule has 0 amide bonds. The van der Waals surface area contributed by atoms with E-state index in [1.807, 2.05) is 24.3 Å². The predicted molar refractivity (Wildman–Crippen MR) is 79.6 cm³/mol. The Balaban J connectivity index is 2.23. The molecule has 1 unspecified atom stereocenters. The first kappa shape index (κ1) is 14.3. The number of halogens is 2. The van der Waals surface area contributed by atoms with Crippen LogP contribution in [0.1, 0.15) is 11.0 Å². The molecule has 1 aromatic heterocycles. The van der Waals surface area contributed by atoms with Crippen molar-refractivity contribution in [3.63, 3.8) is 0 Å². The molecule has 0 aliphatic carbocycles. The van der Waals surface area contributed by atoms with Crippen molar-refractivity contribution in [2.45, 2.75) is 6.04 Å². The normalized spacial score (nSPS) is 11.9. The zero-order valence-corrected chi connectivity index (χ0v) is 13.1. The van der Waals surface area contributed by atoms with Gasteiger partial charge in [-0.3, -0.25) is 0 Å². The van der Waals surface area contributed by atoms with E-state index in [4.69, 9.17) is 16.3 Å². The van der Waals surface area contributed by atoms with Gasteiger partial charge in [0.05, 0.1) is 13.3 Å². The van der Waals surface area contributed by atoms with Crippen molar-refractivity contribution in [1.29, 1.82) is 0 Å². The number of rotatable bonds is 4. The van der Waals surface area contributed by atoms with Gasteiger partial charge in [-0.15, -0.1) is 11.3 Å². The number of nitrogens with zero attached hydrogens (tertiary/aromatic N) is 1. The molecule has 7 heteroatoms. The lowest BCUT2D eigenvalue weighted by molar-refractivity contribution is -0.141. The van der Waals surface area contributed by atoms with Crippen molar-refractivity contribution in [3.05, 3.63) is 44.3 Å². The van der Waals surface area contributed by atoms with E-state index in [1.165, 1.54) is 24.6 Å². The zero-order valence-electron chi connectivity index (χ0n) is 9.89. The monoisotopic (exact) mass is 360 g/mol. The Morgan fingerprint density at radius 3 is 2.68 bits per heavy atom. The third-order valence-corrected chi connectivity index (χ3v) is 4.04. The van der Waals surface area contributed by atoms with Crippen LogP contribution in [0.5, 0.6) is 0 Å². The Morgan fingerprint density at radius 1 is 1.47 bits per heavy atom. The van der Waals surface area contributed by atoms with Crippen LogP contribution in [0.4, 0.5) is 5.69 Å². The molecular weight excluding hydrogens is 352 g/mol. The largest absolute Gasteiger partial charge is 0.467 e. The van der Waals surface area contributed by atoms with Crippen molar-refractivity contribution in [1.82, 2.24) is 4.98 Å². The average Bonchev–Trinajstić information content (AvgIpc) is 2.83. The van der Waals surface area contributed by atoms with Gasteiger partial charge < -0.3 is 10.1 Å². The van der Waals surface area contributed by atoms with Crippen molar-refractivity contribution >= 4 is 50.5 Å². The van der Waals surface area contributed by atoms with Crippen molar-refractivity contribution in [2.75, 3.05) is 12.4 Å². The van der Waals surface area contributed by atoms with E-state index < -0.39 is 12.0 Å². The quantitative estimate of drug-likeness (QED) is 0.840. The number of benzene rings is 1. The van der Waals surface area contributed by atoms with Gasteiger partial charge in [0.1, 0.15) is 9.34 Å². The Labute approximate surface area is 127 Å². The number of hydrogen-bond donors (Lipinski definition) is 1. The summed E-state index contributed by atoms with van der Waals surface area (Å²) in [4.78, 5) is 15.9. The topological polar surface area (TPSA) is 51.2 Å². The fourth-order valence-electron chi connectivity index (χ4n) is 1.45. The van der Waals surface area contributed by atoms with Crippen LogP contribution in [0.15, 0.2) is 34.9 Å². The highest BCUT2D eigenvalue weighted by atomic mass is 79.9. The maximum absolute atomic E-state index is 11.8. The molecule has 100 valence electrons. The smallest absolute Gasteiger partial charge is 0.335 e. The summed E-state index contributed by atoms with van der Waals surface area (Å²) in [6.45, 7) is 0. The van der Waals surface area contributed by atoms with Gasteiger partial charge in [0, 0.05) is 10.2 Å². The van der Waals surface area contributed by atoms with Crippen molar-refractivity contribution in [2.24, 2.45) is 0 Å². The van der Waals surface area contributed by atoms with E-state index in [1.54, 1.807) is 0 Å². The molecule has 4 nitrogen and oxygen atoms in total. The Kier molecular flexibility index (Phi) is 4.79. The van der Waals surface area contributed by atoms with Gasteiger partial charge in [-0.1, -0.05) is 27.5 Å². The minimum Gasteiger partial charge on any atom is -0.467 e. The van der Waals surface area contributed by atoms with Crippen LogP contribution in [0.3, 0.4) is 0 Å². The van der Waals surface area contributed by atoms with Gasteiger partial charge in [-0.25, -0.2) is 9.78 Å².